The zero-order valence-electron chi connectivity index (χ0n) is 14.5. The van der Waals surface area contributed by atoms with Crippen LogP contribution in [0.4, 0.5) is 0 Å². The van der Waals surface area contributed by atoms with Gasteiger partial charge in [0.2, 0.25) is 0 Å². The normalized spacial score (nSPS) is 10.8. The van der Waals surface area contributed by atoms with E-state index in [9.17, 15) is 9.59 Å². The van der Waals surface area contributed by atoms with Crippen LogP contribution in [0.5, 0.6) is 0 Å². The van der Waals surface area contributed by atoms with Crippen molar-refractivity contribution in [3.05, 3.63) is 75.8 Å². The number of amides is 1. The van der Waals surface area contributed by atoms with E-state index in [0.717, 1.165) is 22.9 Å². The predicted octanol–water partition coefficient (Wildman–Crippen LogP) is 3.28. The highest BCUT2D eigenvalue weighted by Crippen LogP contribution is 2.15. The summed E-state index contributed by atoms with van der Waals surface area (Å²) in [5, 5.41) is 0.966. The Labute approximate surface area is 146 Å². The van der Waals surface area contributed by atoms with Crippen LogP contribution in [0.15, 0.2) is 53.6 Å². The Bertz CT molecular complexity index is 948. The number of benzene rings is 1. The van der Waals surface area contributed by atoms with Gasteiger partial charge in [-0.25, -0.2) is 0 Å². The number of aromatic amines is 1. The number of hydrogen-bond acceptors (Lipinski definition) is 3. The molecule has 3 aromatic rings. The van der Waals surface area contributed by atoms with Gasteiger partial charge >= 0.3 is 0 Å². The predicted molar refractivity (Wildman–Crippen MR) is 98.6 cm³/mol. The van der Waals surface area contributed by atoms with E-state index in [-0.39, 0.29) is 18.0 Å². The quantitative estimate of drug-likeness (QED) is 0.778. The molecule has 25 heavy (non-hydrogen) atoms. The molecule has 0 fully saturated rings. The van der Waals surface area contributed by atoms with E-state index in [0.29, 0.717) is 17.7 Å². The van der Waals surface area contributed by atoms with Crippen LogP contribution in [0.25, 0.3) is 10.9 Å². The van der Waals surface area contributed by atoms with Gasteiger partial charge in [0.15, 0.2) is 0 Å². The second kappa shape index (κ2) is 7.30. The highest BCUT2D eigenvalue weighted by Gasteiger charge is 2.17. The lowest BCUT2D eigenvalue weighted by Crippen LogP contribution is -2.33. The molecule has 1 aromatic carbocycles. The molecule has 0 radical (unpaired) electrons. The minimum Gasteiger partial charge on any atom is -0.334 e. The summed E-state index contributed by atoms with van der Waals surface area (Å²) in [7, 11) is 0. The second-order valence-corrected chi connectivity index (χ2v) is 6.18. The zero-order chi connectivity index (χ0) is 17.8. The maximum atomic E-state index is 12.7. The van der Waals surface area contributed by atoms with Crippen molar-refractivity contribution in [2.45, 2.75) is 26.8 Å². The molecule has 0 unspecified atom stereocenters. The lowest BCUT2D eigenvalue weighted by atomic mass is 10.1. The van der Waals surface area contributed by atoms with E-state index in [2.05, 4.69) is 9.97 Å². The molecule has 0 saturated heterocycles. The Hall–Kier alpha value is -2.95. The molecule has 128 valence electrons. The van der Waals surface area contributed by atoms with Crippen molar-refractivity contribution in [1.29, 1.82) is 0 Å². The summed E-state index contributed by atoms with van der Waals surface area (Å²) in [5.41, 5.74) is 2.93. The fraction of sp³-hybridized carbons (Fsp3) is 0.250. The Morgan fingerprint density at radius 3 is 2.64 bits per heavy atom. The molecular formula is C20H21N3O2. The van der Waals surface area contributed by atoms with Crippen LogP contribution in [-0.2, 0) is 6.54 Å². The molecule has 0 aliphatic carbocycles. The number of aryl methyl sites for hydroxylation is 1. The molecule has 1 N–H and O–H groups in total. The first-order valence-electron chi connectivity index (χ1n) is 8.40. The summed E-state index contributed by atoms with van der Waals surface area (Å²) >= 11 is 0. The number of fused-ring (bicyclic) bond motifs is 1. The van der Waals surface area contributed by atoms with Crippen molar-refractivity contribution >= 4 is 16.8 Å². The number of carbonyl (C=O) groups excluding carboxylic acids is 1. The van der Waals surface area contributed by atoms with Crippen LogP contribution in [0.3, 0.4) is 0 Å². The van der Waals surface area contributed by atoms with Crippen molar-refractivity contribution < 1.29 is 4.79 Å². The summed E-state index contributed by atoms with van der Waals surface area (Å²) in [6, 6.07) is 11.2. The molecular weight excluding hydrogens is 314 g/mol. The van der Waals surface area contributed by atoms with Crippen molar-refractivity contribution in [3.8, 4) is 0 Å². The van der Waals surface area contributed by atoms with Crippen LogP contribution in [0.1, 0.15) is 34.8 Å². The molecule has 0 bridgehead atoms. The number of rotatable bonds is 5. The van der Waals surface area contributed by atoms with Crippen molar-refractivity contribution in [1.82, 2.24) is 14.9 Å². The fourth-order valence-electron chi connectivity index (χ4n) is 2.88. The topological polar surface area (TPSA) is 66.1 Å². The average Bonchev–Trinajstić information content (AvgIpc) is 2.62. The van der Waals surface area contributed by atoms with Crippen LogP contribution < -0.4 is 5.56 Å². The van der Waals surface area contributed by atoms with Gasteiger partial charge in [-0.3, -0.25) is 14.6 Å². The van der Waals surface area contributed by atoms with Gasteiger partial charge in [0.25, 0.3) is 11.5 Å². The monoisotopic (exact) mass is 335 g/mol. The fourth-order valence-corrected chi connectivity index (χ4v) is 2.88. The van der Waals surface area contributed by atoms with Gasteiger partial charge in [0.1, 0.15) is 0 Å². The molecule has 0 spiro atoms. The molecule has 1 amide bonds. The molecule has 0 saturated carbocycles. The summed E-state index contributed by atoms with van der Waals surface area (Å²) in [5.74, 6) is -0.0901. The molecule has 3 rings (SSSR count). The van der Waals surface area contributed by atoms with Crippen molar-refractivity contribution in [2.75, 3.05) is 6.54 Å². The van der Waals surface area contributed by atoms with E-state index >= 15 is 0 Å². The number of aromatic nitrogens is 2. The highest BCUT2D eigenvalue weighted by molar-refractivity contribution is 5.94. The Morgan fingerprint density at radius 1 is 1.16 bits per heavy atom. The third-order valence-electron chi connectivity index (χ3n) is 4.15. The lowest BCUT2D eigenvalue weighted by Gasteiger charge is -2.22. The Balaban J connectivity index is 1.93. The largest absolute Gasteiger partial charge is 0.334 e. The first-order valence-corrected chi connectivity index (χ1v) is 8.40. The van der Waals surface area contributed by atoms with E-state index in [4.69, 9.17) is 0 Å². The van der Waals surface area contributed by atoms with Gasteiger partial charge in [-0.05, 0) is 48.6 Å². The van der Waals surface area contributed by atoms with Gasteiger partial charge in [0.05, 0.1) is 6.54 Å². The third kappa shape index (κ3) is 3.76. The second-order valence-electron chi connectivity index (χ2n) is 6.18. The molecule has 5 nitrogen and oxygen atoms in total. The van der Waals surface area contributed by atoms with Gasteiger partial charge in [-0.1, -0.05) is 19.1 Å². The summed E-state index contributed by atoms with van der Waals surface area (Å²) in [6.45, 7) is 4.88. The summed E-state index contributed by atoms with van der Waals surface area (Å²) < 4.78 is 0. The molecule has 0 aliphatic rings. The standard InChI is InChI=1S/C20H21N3O2/c1-3-10-23(20(25)15-6-8-21-9-7-15)13-17-12-16-5-4-14(2)11-18(16)22-19(17)24/h4-9,11-12H,3,10,13H2,1-2H3,(H,22,24). The van der Waals surface area contributed by atoms with Crippen LogP contribution in [0.2, 0.25) is 0 Å². The Kier molecular flexibility index (Phi) is 4.93. The maximum Gasteiger partial charge on any atom is 0.254 e. The number of H-pyrrole nitrogens is 1. The number of carbonyl (C=O) groups is 1. The van der Waals surface area contributed by atoms with Gasteiger partial charge in [-0.15, -0.1) is 0 Å². The van der Waals surface area contributed by atoms with Crippen molar-refractivity contribution in [3.63, 3.8) is 0 Å². The molecule has 0 aliphatic heterocycles. The minimum absolute atomic E-state index is 0.0901. The van der Waals surface area contributed by atoms with Crippen molar-refractivity contribution in [2.24, 2.45) is 0 Å². The first kappa shape index (κ1) is 16.9. The van der Waals surface area contributed by atoms with Crippen LogP contribution >= 0.6 is 0 Å². The average molecular weight is 335 g/mol. The maximum absolute atomic E-state index is 12.7. The first-order chi connectivity index (χ1) is 12.1. The number of nitrogens with one attached hydrogen (secondary N) is 1. The summed E-state index contributed by atoms with van der Waals surface area (Å²) in [4.78, 5) is 33.8. The van der Waals surface area contributed by atoms with E-state index in [1.54, 1.807) is 29.4 Å². The molecule has 5 heteroatoms. The SMILES string of the molecule is CCCN(Cc1cc2ccc(C)cc2[nH]c1=O)C(=O)c1ccncc1. The number of nitrogens with zero attached hydrogens (tertiary/aromatic N) is 2. The third-order valence-corrected chi connectivity index (χ3v) is 4.15. The highest BCUT2D eigenvalue weighted by atomic mass is 16.2. The number of hydrogen-bond donors (Lipinski definition) is 1. The summed E-state index contributed by atoms with van der Waals surface area (Å²) in [6.07, 6.45) is 4.02. The van der Waals surface area contributed by atoms with E-state index in [1.807, 2.05) is 38.1 Å². The van der Waals surface area contributed by atoms with Crippen LogP contribution in [-0.4, -0.2) is 27.3 Å². The lowest BCUT2D eigenvalue weighted by molar-refractivity contribution is 0.0742. The van der Waals surface area contributed by atoms with Gasteiger partial charge in [-0.2, -0.15) is 0 Å². The Morgan fingerprint density at radius 2 is 1.92 bits per heavy atom. The molecule has 2 heterocycles. The minimum atomic E-state index is -0.151. The van der Waals surface area contributed by atoms with Crippen LogP contribution in [0, 0.1) is 6.92 Å². The van der Waals surface area contributed by atoms with E-state index < -0.39 is 0 Å². The molecule has 2 aromatic heterocycles. The zero-order valence-corrected chi connectivity index (χ0v) is 14.5. The van der Waals surface area contributed by atoms with E-state index in [1.165, 1.54) is 0 Å². The smallest absolute Gasteiger partial charge is 0.254 e. The molecule has 0 atom stereocenters. The van der Waals surface area contributed by atoms with Gasteiger partial charge in [0, 0.05) is 35.6 Å². The number of pyridine rings is 2. The van der Waals surface area contributed by atoms with Gasteiger partial charge < -0.3 is 9.88 Å².